The van der Waals surface area contributed by atoms with E-state index in [4.69, 9.17) is 37.4 Å². The first-order valence-electron chi connectivity index (χ1n) is 13.9. The number of rotatable bonds is 10. The summed E-state index contributed by atoms with van der Waals surface area (Å²) in [4.78, 5) is 11.4. The highest BCUT2D eigenvalue weighted by atomic mass is 35.5. The molecule has 0 radical (unpaired) electrons. The molecule has 3 aromatic carbocycles. The van der Waals surface area contributed by atoms with Gasteiger partial charge in [0.15, 0.2) is 6.61 Å². The molecule has 1 aliphatic rings. The Morgan fingerprint density at radius 2 is 1.66 bits per heavy atom. The minimum absolute atomic E-state index is 0.0111. The summed E-state index contributed by atoms with van der Waals surface area (Å²) in [6.07, 6.45) is 0.908. The summed E-state index contributed by atoms with van der Waals surface area (Å²) in [5, 5.41) is 10.7. The second-order valence-corrected chi connectivity index (χ2v) is 11.9. The largest absolute Gasteiger partial charge is 0.493 e. The number of aryl methyl sites for hydroxylation is 4. The number of carbonyl (C=O) groups is 1. The molecule has 1 saturated heterocycles. The SMILES string of the molecule is C=C(C)[C@@H]1C[C@@H](c2ccc(Cl)cc2)[C@@H](CCOc2cc(C)c(Cl)c(C)c2)O[C@H]1c1c(C)cc(C)cc1OCC(=O)O. The van der Waals surface area contributed by atoms with Crippen LogP contribution in [0.4, 0.5) is 0 Å². The van der Waals surface area contributed by atoms with Gasteiger partial charge >= 0.3 is 5.97 Å². The minimum Gasteiger partial charge on any atom is -0.493 e. The molecule has 0 spiro atoms. The van der Waals surface area contributed by atoms with E-state index in [0.29, 0.717) is 23.8 Å². The van der Waals surface area contributed by atoms with Gasteiger partial charge in [-0.2, -0.15) is 0 Å². The van der Waals surface area contributed by atoms with E-state index in [1.165, 1.54) is 0 Å². The van der Waals surface area contributed by atoms with Crippen LogP contribution in [-0.2, 0) is 9.53 Å². The van der Waals surface area contributed by atoms with Crippen molar-refractivity contribution in [3.63, 3.8) is 0 Å². The number of carboxylic acid groups (broad SMARTS) is 1. The van der Waals surface area contributed by atoms with Crippen LogP contribution in [0.15, 0.2) is 60.7 Å². The van der Waals surface area contributed by atoms with Gasteiger partial charge in [-0.25, -0.2) is 4.79 Å². The van der Waals surface area contributed by atoms with Crippen LogP contribution < -0.4 is 9.47 Å². The smallest absolute Gasteiger partial charge is 0.341 e. The van der Waals surface area contributed by atoms with Crippen LogP contribution in [0.3, 0.4) is 0 Å². The summed E-state index contributed by atoms with van der Waals surface area (Å²) in [5.74, 6) is 0.354. The fourth-order valence-corrected chi connectivity index (χ4v) is 6.07. The summed E-state index contributed by atoms with van der Waals surface area (Å²) >= 11 is 12.6. The third-order valence-corrected chi connectivity index (χ3v) is 8.63. The summed E-state index contributed by atoms with van der Waals surface area (Å²) in [7, 11) is 0. The number of halogens is 2. The molecule has 218 valence electrons. The van der Waals surface area contributed by atoms with Gasteiger partial charge in [0, 0.05) is 33.9 Å². The molecule has 4 atom stereocenters. The summed E-state index contributed by atoms with van der Waals surface area (Å²) in [6, 6.07) is 15.8. The van der Waals surface area contributed by atoms with Crippen molar-refractivity contribution in [1.82, 2.24) is 0 Å². The van der Waals surface area contributed by atoms with E-state index in [-0.39, 0.29) is 24.0 Å². The maximum Gasteiger partial charge on any atom is 0.341 e. The van der Waals surface area contributed by atoms with Crippen molar-refractivity contribution < 1.29 is 24.1 Å². The van der Waals surface area contributed by atoms with E-state index in [1.54, 1.807) is 0 Å². The van der Waals surface area contributed by atoms with E-state index in [1.807, 2.05) is 65.0 Å². The van der Waals surface area contributed by atoms with Gasteiger partial charge in [0.05, 0.1) is 18.8 Å². The van der Waals surface area contributed by atoms with Crippen molar-refractivity contribution >= 4 is 29.2 Å². The van der Waals surface area contributed by atoms with Crippen molar-refractivity contribution in [2.45, 2.75) is 65.6 Å². The number of hydrogen-bond donors (Lipinski definition) is 1. The fraction of sp³-hybridized carbons (Fsp3) is 0.382. The normalized spacial score (nSPS) is 20.5. The Bertz CT molecular complexity index is 1390. The standard InChI is InChI=1S/C34H38Cl2O5/c1-19(2)27-17-28(24-7-9-25(35)10-8-24)29(11-12-39-26-15-22(5)33(36)23(6)16-26)41-34(27)32-21(4)13-20(3)14-30(32)40-18-31(37)38/h7-10,13-16,27-29,34H,1,11-12,17-18H2,2-6H3,(H,37,38)/t27-,28-,29+,34+/m0/s1. The maximum atomic E-state index is 11.4. The molecule has 0 bridgehead atoms. The van der Waals surface area contributed by atoms with Gasteiger partial charge in [0.25, 0.3) is 0 Å². The molecule has 1 heterocycles. The summed E-state index contributed by atoms with van der Waals surface area (Å²) in [6.45, 7) is 14.3. The Labute approximate surface area is 253 Å². The zero-order chi connectivity index (χ0) is 29.8. The molecule has 0 aromatic heterocycles. The number of hydrogen-bond acceptors (Lipinski definition) is 4. The van der Waals surface area contributed by atoms with Crippen molar-refractivity contribution in [2.24, 2.45) is 5.92 Å². The highest BCUT2D eigenvalue weighted by Crippen LogP contribution is 2.50. The average molecular weight is 598 g/mol. The van der Waals surface area contributed by atoms with Crippen LogP contribution in [0.5, 0.6) is 11.5 Å². The Hall–Kier alpha value is -2.99. The zero-order valence-electron chi connectivity index (χ0n) is 24.3. The molecule has 5 nitrogen and oxygen atoms in total. The molecule has 7 heteroatoms. The first kappa shape index (κ1) is 31.0. The molecule has 1 fully saturated rings. The van der Waals surface area contributed by atoms with Crippen molar-refractivity contribution in [3.8, 4) is 11.5 Å². The summed E-state index contributed by atoms with van der Waals surface area (Å²) < 4.78 is 19.0. The van der Waals surface area contributed by atoms with Gasteiger partial charge in [-0.3, -0.25) is 0 Å². The van der Waals surface area contributed by atoms with Crippen molar-refractivity contribution in [1.29, 1.82) is 0 Å². The predicted octanol–water partition coefficient (Wildman–Crippen LogP) is 8.97. The highest BCUT2D eigenvalue weighted by molar-refractivity contribution is 6.32. The lowest BCUT2D eigenvalue weighted by molar-refractivity contribution is -0.139. The van der Waals surface area contributed by atoms with Crippen LogP contribution in [-0.4, -0.2) is 30.4 Å². The van der Waals surface area contributed by atoms with E-state index in [9.17, 15) is 9.90 Å². The molecule has 0 unspecified atom stereocenters. The van der Waals surface area contributed by atoms with Gasteiger partial charge in [-0.1, -0.05) is 53.6 Å². The average Bonchev–Trinajstić information content (AvgIpc) is 2.90. The van der Waals surface area contributed by atoms with Crippen molar-refractivity contribution in [3.05, 3.63) is 104 Å². The molecule has 4 rings (SSSR count). The Morgan fingerprint density at radius 1 is 1.00 bits per heavy atom. The molecule has 3 aromatic rings. The third kappa shape index (κ3) is 7.45. The molecular formula is C34H38Cl2O5. The van der Waals surface area contributed by atoms with E-state index < -0.39 is 12.6 Å². The zero-order valence-corrected chi connectivity index (χ0v) is 25.8. The Kier molecular flexibility index (Phi) is 10.1. The molecular weight excluding hydrogens is 559 g/mol. The molecule has 0 amide bonds. The van der Waals surface area contributed by atoms with Crippen LogP contribution in [0.2, 0.25) is 10.0 Å². The number of aliphatic carboxylic acids is 1. The number of carboxylic acids is 1. The molecule has 0 aliphatic carbocycles. The van der Waals surface area contributed by atoms with Crippen LogP contribution in [0, 0.1) is 33.6 Å². The van der Waals surface area contributed by atoms with Gasteiger partial charge in [0.2, 0.25) is 0 Å². The number of ether oxygens (including phenoxy) is 3. The Balaban J connectivity index is 1.68. The third-order valence-electron chi connectivity index (χ3n) is 7.78. The van der Waals surface area contributed by atoms with Crippen molar-refractivity contribution in [2.75, 3.05) is 13.2 Å². The monoisotopic (exact) mass is 596 g/mol. The maximum absolute atomic E-state index is 11.4. The first-order chi connectivity index (χ1) is 19.4. The van der Waals surface area contributed by atoms with Crippen LogP contribution >= 0.6 is 23.2 Å². The highest BCUT2D eigenvalue weighted by Gasteiger charge is 2.41. The fourth-order valence-electron chi connectivity index (χ4n) is 5.83. The van der Waals surface area contributed by atoms with Crippen LogP contribution in [0.1, 0.15) is 65.2 Å². The van der Waals surface area contributed by atoms with E-state index in [2.05, 4.69) is 24.8 Å². The van der Waals surface area contributed by atoms with Gasteiger partial charge in [-0.05, 0) is 99.2 Å². The van der Waals surface area contributed by atoms with Gasteiger partial charge in [-0.15, -0.1) is 0 Å². The second kappa shape index (κ2) is 13.3. The van der Waals surface area contributed by atoms with Crippen LogP contribution in [0.25, 0.3) is 0 Å². The quantitative estimate of drug-likeness (QED) is 0.236. The first-order valence-corrected chi connectivity index (χ1v) is 14.6. The lowest BCUT2D eigenvalue weighted by Crippen LogP contribution is -2.37. The predicted molar refractivity (Wildman–Crippen MR) is 165 cm³/mol. The Morgan fingerprint density at radius 3 is 2.27 bits per heavy atom. The lowest BCUT2D eigenvalue weighted by atomic mass is 9.74. The van der Waals surface area contributed by atoms with E-state index in [0.717, 1.165) is 56.1 Å². The van der Waals surface area contributed by atoms with E-state index >= 15 is 0 Å². The molecule has 0 saturated carbocycles. The number of benzene rings is 3. The molecule has 1 N–H and O–H groups in total. The lowest BCUT2D eigenvalue weighted by Gasteiger charge is -2.43. The topological polar surface area (TPSA) is 65.0 Å². The van der Waals surface area contributed by atoms with Gasteiger partial charge < -0.3 is 19.3 Å². The minimum atomic E-state index is -1.03. The summed E-state index contributed by atoms with van der Waals surface area (Å²) in [5.41, 5.74) is 6.95. The second-order valence-electron chi connectivity index (χ2n) is 11.1. The molecule has 41 heavy (non-hydrogen) atoms. The van der Waals surface area contributed by atoms with Gasteiger partial charge in [0.1, 0.15) is 11.5 Å². The molecule has 1 aliphatic heterocycles.